The van der Waals surface area contributed by atoms with Crippen molar-refractivity contribution >= 4 is 28.5 Å². The van der Waals surface area contributed by atoms with E-state index in [9.17, 15) is 0 Å². The van der Waals surface area contributed by atoms with Crippen LogP contribution in [-0.4, -0.2) is 9.97 Å². The molecule has 84 valence electrons. The second kappa shape index (κ2) is 3.75. The number of fused-ring (bicyclic) bond motifs is 1. The summed E-state index contributed by atoms with van der Waals surface area (Å²) >= 11 is 5.91. The number of benzene rings is 1. The van der Waals surface area contributed by atoms with Crippen molar-refractivity contribution in [2.45, 2.75) is 0 Å². The van der Waals surface area contributed by atoms with Gasteiger partial charge in [-0.05, 0) is 30.3 Å². The molecule has 3 rings (SSSR count). The van der Waals surface area contributed by atoms with Crippen LogP contribution in [0.5, 0.6) is 0 Å². The molecule has 4 nitrogen and oxygen atoms in total. The molecule has 1 aromatic carbocycles. The maximum absolute atomic E-state index is 5.91. The van der Waals surface area contributed by atoms with Gasteiger partial charge in [-0.1, -0.05) is 11.6 Å². The monoisotopic (exact) mass is 245 g/mol. The predicted octanol–water partition coefficient (Wildman–Crippen LogP) is 3.13. The van der Waals surface area contributed by atoms with E-state index in [0.29, 0.717) is 16.5 Å². The van der Waals surface area contributed by atoms with E-state index in [4.69, 9.17) is 21.8 Å². The molecule has 2 aromatic heterocycles. The molecule has 0 aliphatic heterocycles. The zero-order valence-electron chi connectivity index (χ0n) is 8.72. The number of rotatable bonds is 1. The molecule has 3 aromatic rings. The zero-order chi connectivity index (χ0) is 11.8. The Labute approximate surface area is 102 Å². The van der Waals surface area contributed by atoms with Crippen LogP contribution in [0.2, 0.25) is 5.02 Å². The summed E-state index contributed by atoms with van der Waals surface area (Å²) in [5.41, 5.74) is 6.95. The van der Waals surface area contributed by atoms with E-state index in [0.717, 1.165) is 11.0 Å². The molecule has 0 spiro atoms. The number of nitrogens with zero attached hydrogens (tertiary/aromatic N) is 2. The predicted molar refractivity (Wildman–Crippen MR) is 66.7 cm³/mol. The Bertz CT molecular complexity index is 693. The second-order valence-corrected chi connectivity index (χ2v) is 4.03. The van der Waals surface area contributed by atoms with Crippen molar-refractivity contribution in [3.8, 4) is 11.5 Å². The lowest BCUT2D eigenvalue weighted by Crippen LogP contribution is -1.94. The van der Waals surface area contributed by atoms with Crippen LogP contribution in [0.3, 0.4) is 0 Å². The summed E-state index contributed by atoms with van der Waals surface area (Å²) in [7, 11) is 0. The van der Waals surface area contributed by atoms with Gasteiger partial charge in [-0.15, -0.1) is 0 Å². The fraction of sp³-hybridized carbons (Fsp3) is 0. The first-order valence-corrected chi connectivity index (χ1v) is 5.38. The van der Waals surface area contributed by atoms with Crippen molar-refractivity contribution < 1.29 is 4.42 Å². The minimum absolute atomic E-state index is 0.223. The lowest BCUT2D eigenvalue weighted by Gasteiger charge is -1.95. The molecule has 0 fully saturated rings. The lowest BCUT2D eigenvalue weighted by molar-refractivity contribution is 0.628. The quantitative estimate of drug-likeness (QED) is 0.715. The molecule has 0 atom stereocenters. The highest BCUT2D eigenvalue weighted by molar-refractivity contribution is 6.31. The lowest BCUT2D eigenvalue weighted by atomic mass is 10.2. The van der Waals surface area contributed by atoms with E-state index >= 15 is 0 Å². The third-order valence-electron chi connectivity index (χ3n) is 2.41. The molecule has 0 saturated carbocycles. The summed E-state index contributed by atoms with van der Waals surface area (Å²) in [6, 6.07) is 9.07. The molecule has 0 radical (unpaired) electrons. The van der Waals surface area contributed by atoms with Crippen LogP contribution >= 0.6 is 11.6 Å². The van der Waals surface area contributed by atoms with Gasteiger partial charge >= 0.3 is 0 Å². The summed E-state index contributed by atoms with van der Waals surface area (Å²) in [5, 5.41) is 1.61. The van der Waals surface area contributed by atoms with Gasteiger partial charge in [-0.2, -0.15) is 0 Å². The normalized spacial score (nSPS) is 10.9. The third kappa shape index (κ3) is 1.83. The Kier molecular flexibility index (Phi) is 2.23. The molecule has 0 unspecified atom stereocenters. The molecule has 17 heavy (non-hydrogen) atoms. The van der Waals surface area contributed by atoms with Gasteiger partial charge in [0.05, 0.1) is 0 Å². The van der Waals surface area contributed by atoms with E-state index < -0.39 is 0 Å². The van der Waals surface area contributed by atoms with Crippen LogP contribution in [0.4, 0.5) is 5.95 Å². The van der Waals surface area contributed by atoms with Crippen LogP contribution in [0.25, 0.3) is 22.4 Å². The van der Waals surface area contributed by atoms with Gasteiger partial charge in [0.2, 0.25) is 5.95 Å². The molecule has 0 amide bonds. The van der Waals surface area contributed by atoms with Gasteiger partial charge in [0, 0.05) is 16.6 Å². The number of halogens is 1. The van der Waals surface area contributed by atoms with Crippen LogP contribution in [0.1, 0.15) is 0 Å². The van der Waals surface area contributed by atoms with Crippen LogP contribution in [0.15, 0.2) is 40.9 Å². The van der Waals surface area contributed by atoms with Crippen molar-refractivity contribution in [1.29, 1.82) is 0 Å². The van der Waals surface area contributed by atoms with Gasteiger partial charge in [0.15, 0.2) is 5.76 Å². The molecule has 2 heterocycles. The van der Waals surface area contributed by atoms with Gasteiger partial charge in [-0.3, -0.25) is 0 Å². The number of anilines is 1. The Balaban J connectivity index is 2.18. The van der Waals surface area contributed by atoms with Crippen molar-refractivity contribution in [1.82, 2.24) is 9.97 Å². The number of furan rings is 1. The molecule has 5 heteroatoms. The molecule has 0 aliphatic rings. The molecule has 2 N–H and O–H groups in total. The molecule has 0 bridgehead atoms. The van der Waals surface area contributed by atoms with Crippen LogP contribution in [-0.2, 0) is 0 Å². The highest BCUT2D eigenvalue weighted by Gasteiger charge is 2.08. The average molecular weight is 246 g/mol. The summed E-state index contributed by atoms with van der Waals surface area (Å²) in [6.07, 6.45) is 1.60. The zero-order valence-corrected chi connectivity index (χ0v) is 9.48. The standard InChI is InChI=1S/C12H8ClN3O/c13-8-1-2-10-7(5-8)6-11(17-10)9-3-4-15-12(14)16-9/h1-6H,(H2,14,15,16). The number of nitrogen functional groups attached to an aromatic ring is 1. The Morgan fingerprint density at radius 3 is 2.88 bits per heavy atom. The Morgan fingerprint density at radius 2 is 2.06 bits per heavy atom. The largest absolute Gasteiger partial charge is 0.454 e. The van der Waals surface area contributed by atoms with E-state index in [1.54, 1.807) is 18.3 Å². The van der Waals surface area contributed by atoms with E-state index in [-0.39, 0.29) is 5.95 Å². The van der Waals surface area contributed by atoms with Crippen LogP contribution in [0, 0.1) is 0 Å². The van der Waals surface area contributed by atoms with Gasteiger partial charge < -0.3 is 10.2 Å². The first kappa shape index (κ1) is 10.1. The highest BCUT2D eigenvalue weighted by Crippen LogP contribution is 2.28. The second-order valence-electron chi connectivity index (χ2n) is 3.59. The SMILES string of the molecule is Nc1nccc(-c2cc3cc(Cl)ccc3o2)n1. The number of hydrogen-bond acceptors (Lipinski definition) is 4. The minimum atomic E-state index is 0.223. The van der Waals surface area contributed by atoms with Crippen molar-refractivity contribution in [2.24, 2.45) is 0 Å². The summed E-state index contributed by atoms with van der Waals surface area (Å²) in [4.78, 5) is 7.94. The summed E-state index contributed by atoms with van der Waals surface area (Å²) in [5.74, 6) is 0.873. The smallest absolute Gasteiger partial charge is 0.220 e. The van der Waals surface area contributed by atoms with E-state index in [1.165, 1.54) is 0 Å². The van der Waals surface area contributed by atoms with Crippen molar-refractivity contribution in [3.63, 3.8) is 0 Å². The molecular formula is C12H8ClN3O. The topological polar surface area (TPSA) is 64.9 Å². The first-order chi connectivity index (χ1) is 8.22. The van der Waals surface area contributed by atoms with E-state index in [2.05, 4.69) is 9.97 Å². The van der Waals surface area contributed by atoms with Gasteiger partial charge in [0.25, 0.3) is 0 Å². The minimum Gasteiger partial charge on any atom is -0.454 e. The maximum Gasteiger partial charge on any atom is 0.220 e. The molecular weight excluding hydrogens is 238 g/mol. The number of hydrogen-bond donors (Lipinski definition) is 1. The molecule has 0 saturated heterocycles. The number of aromatic nitrogens is 2. The summed E-state index contributed by atoms with van der Waals surface area (Å²) < 4.78 is 5.66. The van der Waals surface area contributed by atoms with Gasteiger partial charge in [0.1, 0.15) is 11.3 Å². The first-order valence-electron chi connectivity index (χ1n) is 5.00. The number of nitrogens with two attached hydrogens (primary N) is 1. The highest BCUT2D eigenvalue weighted by atomic mass is 35.5. The molecule has 0 aliphatic carbocycles. The average Bonchev–Trinajstić information content (AvgIpc) is 2.72. The summed E-state index contributed by atoms with van der Waals surface area (Å²) in [6.45, 7) is 0. The third-order valence-corrected chi connectivity index (χ3v) is 2.64. The van der Waals surface area contributed by atoms with Crippen molar-refractivity contribution in [3.05, 3.63) is 41.6 Å². The van der Waals surface area contributed by atoms with Crippen molar-refractivity contribution in [2.75, 3.05) is 5.73 Å². The fourth-order valence-corrected chi connectivity index (χ4v) is 1.83. The van der Waals surface area contributed by atoms with Gasteiger partial charge in [-0.25, -0.2) is 9.97 Å². The maximum atomic E-state index is 5.91. The Morgan fingerprint density at radius 1 is 1.18 bits per heavy atom. The van der Waals surface area contributed by atoms with Crippen LogP contribution < -0.4 is 5.73 Å². The van der Waals surface area contributed by atoms with E-state index in [1.807, 2.05) is 18.2 Å². The Hall–Kier alpha value is -2.07. The fourth-order valence-electron chi connectivity index (χ4n) is 1.65.